The number of nitrogens with one attached hydrogen (secondary N) is 1. The van der Waals surface area contributed by atoms with E-state index in [-0.39, 0.29) is 17.6 Å². The summed E-state index contributed by atoms with van der Waals surface area (Å²) in [6.07, 6.45) is 3.77. The molecule has 0 saturated heterocycles. The average molecular weight is 417 g/mol. The fraction of sp³-hybridized carbons (Fsp3) is 0.480. The highest BCUT2D eigenvalue weighted by Crippen LogP contribution is 2.10. The number of carbonyl (C=O) groups excluding carboxylic acids is 2. The molecule has 2 aromatic rings. The Kier molecular flexibility index (Phi) is 14.0. The van der Waals surface area contributed by atoms with E-state index in [2.05, 4.69) is 10.3 Å². The lowest BCUT2D eigenvalue weighted by atomic mass is 10.0. The Bertz CT molecular complexity index is 739. The monoisotopic (exact) mass is 416 g/mol. The van der Waals surface area contributed by atoms with Gasteiger partial charge in [-0.25, -0.2) is 4.39 Å². The Morgan fingerprint density at radius 1 is 1.00 bits per heavy atom. The molecule has 0 spiro atoms. The summed E-state index contributed by atoms with van der Waals surface area (Å²) < 4.78 is 12.5. The second-order valence-electron chi connectivity index (χ2n) is 7.58. The molecule has 2 rings (SSSR count). The lowest BCUT2D eigenvalue weighted by molar-refractivity contribution is -0.121. The molecular formula is C25H37FN2O2. The number of aryl methyl sites for hydroxylation is 2. The van der Waals surface area contributed by atoms with Crippen molar-refractivity contribution < 1.29 is 14.0 Å². The Morgan fingerprint density at radius 3 is 2.07 bits per heavy atom. The maximum atomic E-state index is 12.5. The zero-order valence-electron chi connectivity index (χ0n) is 19.5. The molecule has 1 aromatic carbocycles. The minimum atomic E-state index is -0.299. The first-order valence-electron chi connectivity index (χ1n) is 10.7. The van der Waals surface area contributed by atoms with Gasteiger partial charge < -0.3 is 5.32 Å². The van der Waals surface area contributed by atoms with Crippen LogP contribution >= 0.6 is 0 Å². The summed E-state index contributed by atoms with van der Waals surface area (Å²) in [5.41, 5.74) is 2.80. The third kappa shape index (κ3) is 12.8. The summed E-state index contributed by atoms with van der Waals surface area (Å²) >= 11 is 0. The van der Waals surface area contributed by atoms with Crippen molar-refractivity contribution in [1.82, 2.24) is 4.98 Å². The molecule has 0 saturated carbocycles. The fourth-order valence-corrected chi connectivity index (χ4v) is 2.32. The van der Waals surface area contributed by atoms with Gasteiger partial charge in [0.15, 0.2) is 0 Å². The van der Waals surface area contributed by atoms with Crippen molar-refractivity contribution in [3.05, 3.63) is 59.7 Å². The van der Waals surface area contributed by atoms with E-state index in [1.807, 2.05) is 66.8 Å². The summed E-state index contributed by atoms with van der Waals surface area (Å²) in [5.74, 6) is 0.466. The number of rotatable bonds is 7. The molecule has 1 amide bonds. The Hall–Kier alpha value is -2.56. The van der Waals surface area contributed by atoms with Crippen LogP contribution in [0.25, 0.3) is 0 Å². The number of anilines is 1. The number of halogens is 1. The number of Topliss-reactive ketones (excluding diaryl/α,β-unsaturated/α-hetero) is 1. The summed E-state index contributed by atoms with van der Waals surface area (Å²) in [7, 11) is 0. The van der Waals surface area contributed by atoms with Crippen LogP contribution in [0.1, 0.15) is 65.6 Å². The van der Waals surface area contributed by atoms with E-state index in [0.717, 1.165) is 17.7 Å². The number of aromatic nitrogens is 1. The number of amides is 1. The van der Waals surface area contributed by atoms with Gasteiger partial charge in [0, 0.05) is 36.3 Å². The second kappa shape index (κ2) is 15.3. The quantitative estimate of drug-likeness (QED) is 0.569. The molecule has 1 heterocycles. The zero-order valence-corrected chi connectivity index (χ0v) is 19.5. The highest BCUT2D eigenvalue weighted by Gasteiger charge is 2.07. The van der Waals surface area contributed by atoms with Crippen LogP contribution < -0.4 is 5.32 Å². The third-order valence-corrected chi connectivity index (χ3v) is 4.00. The van der Waals surface area contributed by atoms with E-state index in [1.54, 1.807) is 12.1 Å². The number of benzene rings is 1. The lowest BCUT2D eigenvalue weighted by Gasteiger charge is -2.06. The summed E-state index contributed by atoms with van der Waals surface area (Å²) in [5, 5.41) is 2.69. The Labute approximate surface area is 181 Å². The molecule has 0 unspecified atom stereocenters. The average Bonchev–Trinajstić information content (AvgIpc) is 2.70. The third-order valence-electron chi connectivity index (χ3n) is 4.00. The van der Waals surface area contributed by atoms with Gasteiger partial charge in [-0.3, -0.25) is 14.6 Å². The summed E-state index contributed by atoms with van der Waals surface area (Å²) in [4.78, 5) is 26.9. The van der Waals surface area contributed by atoms with Gasteiger partial charge in [-0.15, -0.1) is 0 Å². The predicted octanol–water partition coefficient (Wildman–Crippen LogP) is 6.38. The number of nitrogens with zero attached hydrogens (tertiary/aromatic N) is 1. The number of carbonyl (C=O) groups is 2. The van der Waals surface area contributed by atoms with Gasteiger partial charge in [-0.2, -0.15) is 0 Å². The molecule has 0 fully saturated rings. The first-order chi connectivity index (χ1) is 14.2. The van der Waals surface area contributed by atoms with Crippen molar-refractivity contribution in [3.8, 4) is 0 Å². The first kappa shape index (κ1) is 27.4. The first-order valence-corrected chi connectivity index (χ1v) is 10.7. The van der Waals surface area contributed by atoms with Gasteiger partial charge in [0.2, 0.25) is 5.91 Å². The topological polar surface area (TPSA) is 59.1 Å². The van der Waals surface area contributed by atoms with E-state index >= 15 is 0 Å². The zero-order chi connectivity index (χ0) is 23.1. The summed E-state index contributed by atoms with van der Waals surface area (Å²) in [6.45, 7) is 13.8. The number of ketones is 1. The van der Waals surface area contributed by atoms with E-state index < -0.39 is 0 Å². The van der Waals surface area contributed by atoms with Crippen LogP contribution in [-0.2, 0) is 16.0 Å². The van der Waals surface area contributed by atoms with Crippen LogP contribution in [0.5, 0.6) is 0 Å². The second-order valence-corrected chi connectivity index (χ2v) is 7.58. The minimum absolute atomic E-state index is 0.0355. The van der Waals surface area contributed by atoms with Crippen LogP contribution in [0.3, 0.4) is 0 Å². The van der Waals surface area contributed by atoms with E-state index in [0.29, 0.717) is 30.2 Å². The standard InChI is InChI=1S/C12H17NO.C11H14FNO.C2H6/c1-9(2)12(14)7-6-11-5-4-10(3)13-8-11;1-8(2)7-11(14)13-10-5-3-9(12)4-6-10;1-2/h4-5,8-9H,6-7H2,1-3H3;3-6,8H,7H2,1-2H3,(H,13,14);1-2H3. The molecule has 5 heteroatoms. The SMILES string of the molecule is CC.CC(C)CC(=O)Nc1ccc(F)cc1.Cc1ccc(CCC(=O)C(C)C)cn1. The number of hydrogen-bond donors (Lipinski definition) is 1. The molecule has 4 nitrogen and oxygen atoms in total. The van der Waals surface area contributed by atoms with Gasteiger partial charge in [-0.05, 0) is 55.2 Å². The van der Waals surface area contributed by atoms with Crippen molar-refractivity contribution in [2.45, 2.75) is 67.7 Å². The van der Waals surface area contributed by atoms with E-state index in [4.69, 9.17) is 0 Å². The largest absolute Gasteiger partial charge is 0.326 e. The van der Waals surface area contributed by atoms with Gasteiger partial charge >= 0.3 is 0 Å². The van der Waals surface area contributed by atoms with Gasteiger partial charge in [0.05, 0.1) is 0 Å². The highest BCUT2D eigenvalue weighted by atomic mass is 19.1. The molecule has 0 bridgehead atoms. The maximum absolute atomic E-state index is 12.5. The minimum Gasteiger partial charge on any atom is -0.326 e. The maximum Gasteiger partial charge on any atom is 0.224 e. The van der Waals surface area contributed by atoms with Crippen molar-refractivity contribution in [2.24, 2.45) is 11.8 Å². The van der Waals surface area contributed by atoms with E-state index in [1.165, 1.54) is 12.1 Å². The van der Waals surface area contributed by atoms with Crippen LogP contribution in [0.15, 0.2) is 42.6 Å². The van der Waals surface area contributed by atoms with Gasteiger partial charge in [-0.1, -0.05) is 47.6 Å². The smallest absolute Gasteiger partial charge is 0.224 e. The molecule has 166 valence electrons. The lowest BCUT2D eigenvalue weighted by Crippen LogP contribution is -2.13. The van der Waals surface area contributed by atoms with Crippen molar-refractivity contribution in [2.75, 3.05) is 5.32 Å². The van der Waals surface area contributed by atoms with Crippen LogP contribution in [-0.4, -0.2) is 16.7 Å². The Morgan fingerprint density at radius 2 is 1.60 bits per heavy atom. The molecular weight excluding hydrogens is 379 g/mol. The van der Waals surface area contributed by atoms with E-state index in [9.17, 15) is 14.0 Å². The highest BCUT2D eigenvalue weighted by molar-refractivity contribution is 5.90. The van der Waals surface area contributed by atoms with Gasteiger partial charge in [0.25, 0.3) is 0 Å². The van der Waals surface area contributed by atoms with Crippen molar-refractivity contribution in [3.63, 3.8) is 0 Å². The number of pyridine rings is 1. The molecule has 30 heavy (non-hydrogen) atoms. The van der Waals surface area contributed by atoms with Crippen molar-refractivity contribution >= 4 is 17.4 Å². The predicted molar refractivity (Wildman–Crippen MR) is 123 cm³/mol. The molecule has 1 N–H and O–H groups in total. The fourth-order valence-electron chi connectivity index (χ4n) is 2.32. The molecule has 0 atom stereocenters. The molecule has 0 aliphatic heterocycles. The number of hydrogen-bond acceptors (Lipinski definition) is 3. The Balaban J connectivity index is 0.000000518. The normalized spacial score (nSPS) is 9.93. The molecule has 1 aromatic heterocycles. The summed E-state index contributed by atoms with van der Waals surface area (Å²) in [6, 6.07) is 9.77. The van der Waals surface area contributed by atoms with Crippen LogP contribution in [0, 0.1) is 24.6 Å². The van der Waals surface area contributed by atoms with Crippen LogP contribution in [0.2, 0.25) is 0 Å². The molecule has 0 aliphatic rings. The molecule has 0 aliphatic carbocycles. The van der Waals surface area contributed by atoms with Crippen molar-refractivity contribution in [1.29, 1.82) is 0 Å². The van der Waals surface area contributed by atoms with Gasteiger partial charge in [0.1, 0.15) is 11.6 Å². The molecule has 0 radical (unpaired) electrons. The van der Waals surface area contributed by atoms with Crippen LogP contribution in [0.4, 0.5) is 10.1 Å².